The van der Waals surface area contributed by atoms with Gasteiger partial charge in [0.25, 0.3) is 6.29 Å². The standard InChI is InChI=1S/C28H32ClF2N3O6/c1-16(33-40-27-26(37-6)25(36-5)24(35-4)17(2)38-27)18-7-12-22(29)21(13-18)23-14-34(15-32-23)19-8-10-20(11-9-19)39-28(3,30)31/h7-15,17,24-27H,1-6H3/b33-16+/t17-,24-,25+,26+,27-/m0/s1. The molecule has 216 valence electrons. The van der Waals surface area contributed by atoms with Crippen molar-refractivity contribution in [3.8, 4) is 22.7 Å². The van der Waals surface area contributed by atoms with Crippen LogP contribution >= 0.6 is 11.6 Å². The maximum atomic E-state index is 13.1. The van der Waals surface area contributed by atoms with Crippen molar-refractivity contribution in [2.75, 3.05) is 21.3 Å². The average Bonchev–Trinajstić information content (AvgIpc) is 3.41. The Kier molecular flexibility index (Phi) is 9.42. The lowest BCUT2D eigenvalue weighted by atomic mass is 9.99. The Labute approximate surface area is 236 Å². The summed E-state index contributed by atoms with van der Waals surface area (Å²) in [5.74, 6) is 0.0606. The van der Waals surface area contributed by atoms with Crippen LogP contribution in [0.2, 0.25) is 5.02 Å². The van der Waals surface area contributed by atoms with Gasteiger partial charge >= 0.3 is 6.11 Å². The zero-order valence-electron chi connectivity index (χ0n) is 23.0. The smallest absolute Gasteiger partial charge is 0.394 e. The van der Waals surface area contributed by atoms with Crippen molar-refractivity contribution in [1.29, 1.82) is 0 Å². The number of benzene rings is 2. The lowest BCUT2D eigenvalue weighted by Crippen LogP contribution is -2.59. The highest BCUT2D eigenvalue weighted by Gasteiger charge is 2.47. The molecule has 0 unspecified atom stereocenters. The third kappa shape index (κ3) is 6.79. The number of ether oxygens (including phenoxy) is 5. The van der Waals surface area contributed by atoms with Gasteiger partial charge in [-0.25, -0.2) is 4.98 Å². The van der Waals surface area contributed by atoms with Gasteiger partial charge in [-0.3, -0.25) is 0 Å². The van der Waals surface area contributed by atoms with E-state index < -0.39 is 24.6 Å². The maximum Gasteiger partial charge on any atom is 0.394 e. The summed E-state index contributed by atoms with van der Waals surface area (Å²) in [4.78, 5) is 10.3. The molecule has 0 radical (unpaired) electrons. The fraction of sp³-hybridized carbons (Fsp3) is 0.429. The first-order valence-corrected chi connectivity index (χ1v) is 12.9. The van der Waals surface area contributed by atoms with Crippen molar-refractivity contribution in [3.63, 3.8) is 0 Å². The molecule has 40 heavy (non-hydrogen) atoms. The Balaban J connectivity index is 1.51. The lowest BCUT2D eigenvalue weighted by Gasteiger charge is -2.42. The second-order valence-electron chi connectivity index (χ2n) is 9.36. The van der Waals surface area contributed by atoms with E-state index in [0.29, 0.717) is 34.6 Å². The van der Waals surface area contributed by atoms with Crippen molar-refractivity contribution in [1.82, 2.24) is 9.55 Å². The highest BCUT2D eigenvalue weighted by Crippen LogP contribution is 2.31. The van der Waals surface area contributed by atoms with Crippen LogP contribution in [-0.4, -0.2) is 73.4 Å². The maximum absolute atomic E-state index is 13.1. The normalized spacial score (nSPS) is 23.7. The molecule has 0 N–H and O–H groups in total. The van der Waals surface area contributed by atoms with Gasteiger partial charge in [-0.05, 0) is 55.8 Å². The topological polar surface area (TPSA) is 85.6 Å². The minimum Gasteiger partial charge on any atom is -0.433 e. The predicted molar refractivity (Wildman–Crippen MR) is 145 cm³/mol. The van der Waals surface area contributed by atoms with Gasteiger partial charge in [0.2, 0.25) is 0 Å². The van der Waals surface area contributed by atoms with Crippen molar-refractivity contribution < 1.29 is 37.3 Å². The number of hydrogen-bond acceptors (Lipinski definition) is 8. The number of nitrogens with zero attached hydrogens (tertiary/aromatic N) is 3. The Hall–Kier alpha value is -3.09. The molecule has 9 nitrogen and oxygen atoms in total. The van der Waals surface area contributed by atoms with Gasteiger partial charge in [-0.2, -0.15) is 8.78 Å². The molecule has 3 aromatic rings. The second-order valence-corrected chi connectivity index (χ2v) is 9.76. The molecule has 0 amide bonds. The first kappa shape index (κ1) is 29.9. The summed E-state index contributed by atoms with van der Waals surface area (Å²) >= 11 is 6.51. The van der Waals surface area contributed by atoms with E-state index in [1.165, 1.54) is 12.1 Å². The molecule has 5 atom stereocenters. The van der Waals surface area contributed by atoms with E-state index in [1.807, 2.05) is 19.1 Å². The molecule has 0 spiro atoms. The quantitative estimate of drug-likeness (QED) is 0.224. The minimum absolute atomic E-state index is 0.0606. The molecule has 1 aliphatic heterocycles. The third-order valence-corrected chi connectivity index (χ3v) is 6.84. The highest BCUT2D eigenvalue weighted by atomic mass is 35.5. The van der Waals surface area contributed by atoms with Crippen LogP contribution < -0.4 is 4.74 Å². The lowest BCUT2D eigenvalue weighted by molar-refractivity contribution is -0.305. The molecule has 1 aliphatic rings. The Morgan fingerprint density at radius 2 is 1.70 bits per heavy atom. The SMILES string of the molecule is CO[C@@H]1[C@@H](OC)[C@H](C)O[C@@H](O/N=C(\C)c2ccc(Cl)c(-c3cn(-c4ccc(OC(C)(F)F)cc4)cn3)c2)[C@@H]1OC. The van der Waals surface area contributed by atoms with Gasteiger partial charge in [-0.1, -0.05) is 22.8 Å². The molecule has 4 rings (SSSR count). The second kappa shape index (κ2) is 12.6. The summed E-state index contributed by atoms with van der Waals surface area (Å²) in [6.45, 7) is 4.36. The van der Waals surface area contributed by atoms with Crippen LogP contribution in [0.15, 0.2) is 60.1 Å². The van der Waals surface area contributed by atoms with Crippen molar-refractivity contribution in [2.24, 2.45) is 5.16 Å². The van der Waals surface area contributed by atoms with E-state index in [2.05, 4.69) is 14.9 Å². The summed E-state index contributed by atoms with van der Waals surface area (Å²) in [5, 5.41) is 4.80. The molecule has 1 aromatic heterocycles. The Bertz CT molecular complexity index is 1310. The van der Waals surface area contributed by atoms with Crippen molar-refractivity contribution >= 4 is 17.3 Å². The van der Waals surface area contributed by atoms with Crippen molar-refractivity contribution in [2.45, 2.75) is 57.6 Å². The van der Waals surface area contributed by atoms with E-state index in [4.69, 9.17) is 35.4 Å². The van der Waals surface area contributed by atoms with Crippen LogP contribution in [-0.2, 0) is 23.8 Å². The van der Waals surface area contributed by atoms with Gasteiger partial charge in [0.05, 0.1) is 28.9 Å². The molecule has 1 fully saturated rings. The van der Waals surface area contributed by atoms with Crippen LogP contribution in [0.4, 0.5) is 8.78 Å². The van der Waals surface area contributed by atoms with E-state index >= 15 is 0 Å². The number of methoxy groups -OCH3 is 3. The molecule has 0 saturated carbocycles. The van der Waals surface area contributed by atoms with Crippen molar-refractivity contribution in [3.05, 3.63) is 65.6 Å². The van der Waals surface area contributed by atoms with Gasteiger partial charge in [-0.15, -0.1) is 0 Å². The number of halogens is 3. The highest BCUT2D eigenvalue weighted by molar-refractivity contribution is 6.33. The zero-order valence-corrected chi connectivity index (χ0v) is 23.8. The number of hydrogen-bond donors (Lipinski definition) is 0. The largest absolute Gasteiger partial charge is 0.433 e. The zero-order chi connectivity index (χ0) is 29.0. The average molecular weight is 580 g/mol. The minimum atomic E-state index is -3.26. The third-order valence-electron chi connectivity index (χ3n) is 6.51. The molecular formula is C28H32ClF2N3O6. The van der Waals surface area contributed by atoms with Gasteiger partial charge in [0.1, 0.15) is 18.0 Å². The predicted octanol–water partition coefficient (Wildman–Crippen LogP) is 5.71. The van der Waals surface area contributed by atoms with Gasteiger partial charge < -0.3 is 33.1 Å². The first-order chi connectivity index (χ1) is 19.0. The molecule has 0 aliphatic carbocycles. The van der Waals surface area contributed by atoms with Crippen LogP contribution in [0.5, 0.6) is 5.75 Å². The Morgan fingerprint density at radius 1 is 1.02 bits per heavy atom. The monoisotopic (exact) mass is 579 g/mol. The van der Waals surface area contributed by atoms with Crippen LogP contribution in [0, 0.1) is 0 Å². The number of alkyl halides is 2. The fourth-order valence-electron chi connectivity index (χ4n) is 4.53. The van der Waals surface area contributed by atoms with Crippen LogP contribution in [0.25, 0.3) is 16.9 Å². The van der Waals surface area contributed by atoms with E-state index in [9.17, 15) is 8.78 Å². The summed E-state index contributed by atoms with van der Waals surface area (Å²) in [7, 11) is 4.72. The summed E-state index contributed by atoms with van der Waals surface area (Å²) in [6, 6.07) is 11.7. The summed E-state index contributed by atoms with van der Waals surface area (Å²) < 4.78 is 55.3. The number of imidazole rings is 1. The Morgan fingerprint density at radius 3 is 2.33 bits per heavy atom. The molecule has 12 heteroatoms. The molecule has 1 saturated heterocycles. The molecule has 2 heterocycles. The number of rotatable bonds is 10. The fourth-order valence-corrected chi connectivity index (χ4v) is 4.74. The molecular weight excluding hydrogens is 548 g/mol. The number of oxime groups is 1. The van der Waals surface area contributed by atoms with E-state index in [0.717, 1.165) is 5.56 Å². The van der Waals surface area contributed by atoms with E-state index in [1.54, 1.807) is 63.5 Å². The molecule has 2 aromatic carbocycles. The summed E-state index contributed by atoms with van der Waals surface area (Å²) in [6.07, 6.45) is -2.28. The van der Waals surface area contributed by atoms with Crippen LogP contribution in [0.3, 0.4) is 0 Å². The van der Waals surface area contributed by atoms with Gasteiger partial charge in [0, 0.05) is 45.7 Å². The first-order valence-electron chi connectivity index (χ1n) is 12.5. The molecule has 0 bridgehead atoms. The van der Waals surface area contributed by atoms with Gasteiger partial charge in [0.15, 0.2) is 6.10 Å². The number of aromatic nitrogens is 2. The van der Waals surface area contributed by atoms with E-state index in [-0.39, 0.29) is 18.0 Å². The summed E-state index contributed by atoms with van der Waals surface area (Å²) in [5.41, 5.74) is 3.33. The van der Waals surface area contributed by atoms with Crippen LogP contribution in [0.1, 0.15) is 26.3 Å².